The zero-order chi connectivity index (χ0) is 14.0. The Kier molecular flexibility index (Phi) is 8.91. The van der Waals surface area contributed by atoms with E-state index in [0.29, 0.717) is 0 Å². The van der Waals surface area contributed by atoms with Gasteiger partial charge >= 0.3 is 0 Å². The second-order valence-electron chi connectivity index (χ2n) is 4.67. The molecule has 0 aliphatic heterocycles. The first kappa shape index (κ1) is 16.6. The van der Waals surface area contributed by atoms with Crippen molar-refractivity contribution in [1.29, 1.82) is 0 Å². The Morgan fingerprint density at radius 3 is 2.56 bits per heavy atom. The molecule has 0 fully saturated rings. The van der Waals surface area contributed by atoms with Gasteiger partial charge in [-0.1, -0.05) is 49.3 Å². The molecule has 1 aliphatic rings. The fourth-order valence-corrected chi connectivity index (χ4v) is 1.72. The molecule has 0 aromatic rings. The summed E-state index contributed by atoms with van der Waals surface area (Å²) in [6, 6.07) is 0. The van der Waals surface area contributed by atoms with Crippen molar-refractivity contribution in [2.24, 2.45) is 0 Å². The molecule has 1 aliphatic carbocycles. The van der Waals surface area contributed by atoms with E-state index < -0.39 is 0 Å². The molecule has 0 saturated heterocycles. The third-order valence-electron chi connectivity index (χ3n) is 2.85. The van der Waals surface area contributed by atoms with Crippen molar-refractivity contribution < 1.29 is 4.79 Å². The molecule has 1 nitrogen and oxygen atoms in total. The molecule has 1 heteroatoms. The van der Waals surface area contributed by atoms with Gasteiger partial charge in [0.2, 0.25) is 0 Å². The van der Waals surface area contributed by atoms with Crippen LogP contribution in [-0.4, -0.2) is 6.29 Å². The molecule has 0 unspecified atom stereocenters. The van der Waals surface area contributed by atoms with Gasteiger partial charge in [-0.25, -0.2) is 0 Å². The van der Waals surface area contributed by atoms with Gasteiger partial charge in [0.05, 0.1) is 0 Å². The van der Waals surface area contributed by atoms with E-state index in [4.69, 9.17) is 4.79 Å². The quantitative estimate of drug-likeness (QED) is 0.483. The van der Waals surface area contributed by atoms with Gasteiger partial charge in [-0.3, -0.25) is 0 Å². The highest BCUT2D eigenvalue weighted by Crippen LogP contribution is 2.22. The van der Waals surface area contributed by atoms with E-state index >= 15 is 0 Å². The van der Waals surface area contributed by atoms with Crippen LogP contribution in [0.3, 0.4) is 0 Å². The molecular formula is C17H26O. The summed E-state index contributed by atoms with van der Waals surface area (Å²) in [6.07, 6.45) is 12.3. The molecule has 0 aromatic heterocycles. The number of carbonyl (C=O) groups excluding carboxylic acids is 1. The summed E-state index contributed by atoms with van der Waals surface area (Å²) < 4.78 is 0. The maximum atomic E-state index is 8.81. The average molecular weight is 246 g/mol. The van der Waals surface area contributed by atoms with Gasteiger partial charge in [-0.15, -0.1) is 0 Å². The summed E-state index contributed by atoms with van der Waals surface area (Å²) in [6.45, 7) is 12.1. The molecular weight excluding hydrogens is 220 g/mol. The van der Waals surface area contributed by atoms with Gasteiger partial charge in [-0.2, -0.15) is 0 Å². The molecule has 0 heterocycles. The van der Waals surface area contributed by atoms with Crippen LogP contribution in [0.4, 0.5) is 0 Å². The summed E-state index contributed by atoms with van der Waals surface area (Å²) in [7, 11) is 0. The van der Waals surface area contributed by atoms with Crippen molar-refractivity contribution in [3.05, 3.63) is 47.1 Å². The Labute approximate surface area is 112 Å². The monoisotopic (exact) mass is 246 g/mol. The number of carbonyl (C=O) groups is 1. The van der Waals surface area contributed by atoms with E-state index in [-0.39, 0.29) is 0 Å². The standard InChI is InChI=1S/C15H22.C2H4O/c1-5-6-7-13(3)14(4)11-15-9-8-12(2)10-15;1-2-3/h9-11H,3,5-8H2,1-2,4H3;2H,1H3/b14-11+;. The summed E-state index contributed by atoms with van der Waals surface area (Å²) in [5.41, 5.74) is 5.42. The highest BCUT2D eigenvalue weighted by atomic mass is 16.1. The lowest BCUT2D eigenvalue weighted by molar-refractivity contribution is -0.106. The molecule has 1 rings (SSSR count). The Bertz CT molecular complexity index is 367. The van der Waals surface area contributed by atoms with Crippen LogP contribution in [-0.2, 0) is 4.79 Å². The SMILES string of the molecule is C=C(CCCC)/C(C)=C/C1=CCC(C)=C1.CC=O. The number of hydrogen-bond acceptors (Lipinski definition) is 1. The Balaban J connectivity index is 0.000000873. The lowest BCUT2D eigenvalue weighted by atomic mass is 10.0. The molecule has 0 aromatic carbocycles. The highest BCUT2D eigenvalue weighted by molar-refractivity contribution is 5.44. The molecule has 0 amide bonds. The molecule has 0 radical (unpaired) electrons. The van der Waals surface area contributed by atoms with E-state index in [0.717, 1.165) is 19.1 Å². The second-order valence-corrected chi connectivity index (χ2v) is 4.67. The van der Waals surface area contributed by atoms with E-state index in [9.17, 15) is 0 Å². The van der Waals surface area contributed by atoms with Crippen LogP contribution in [0.25, 0.3) is 0 Å². The van der Waals surface area contributed by atoms with Crippen LogP contribution >= 0.6 is 0 Å². The van der Waals surface area contributed by atoms with Crippen molar-refractivity contribution in [2.75, 3.05) is 0 Å². The zero-order valence-electron chi connectivity index (χ0n) is 12.3. The first-order valence-corrected chi connectivity index (χ1v) is 6.68. The van der Waals surface area contributed by atoms with Crippen LogP contribution in [0.5, 0.6) is 0 Å². The molecule has 18 heavy (non-hydrogen) atoms. The fraction of sp³-hybridized carbons (Fsp3) is 0.471. The minimum Gasteiger partial charge on any atom is -0.304 e. The Hall–Kier alpha value is -1.37. The molecule has 0 atom stereocenters. The Morgan fingerprint density at radius 1 is 1.50 bits per heavy atom. The molecule has 0 N–H and O–H groups in total. The van der Waals surface area contributed by atoms with Crippen LogP contribution in [0, 0.1) is 0 Å². The van der Waals surface area contributed by atoms with Gasteiger partial charge in [0.1, 0.15) is 6.29 Å². The molecule has 100 valence electrons. The van der Waals surface area contributed by atoms with Crippen molar-refractivity contribution in [3.63, 3.8) is 0 Å². The lowest BCUT2D eigenvalue weighted by Gasteiger charge is -2.05. The van der Waals surface area contributed by atoms with Crippen molar-refractivity contribution >= 4 is 6.29 Å². The number of rotatable bonds is 5. The predicted molar refractivity (Wildman–Crippen MR) is 80.6 cm³/mol. The van der Waals surface area contributed by atoms with E-state index in [1.807, 2.05) is 0 Å². The predicted octanol–water partition coefficient (Wildman–Crippen LogP) is 5.16. The maximum Gasteiger partial charge on any atom is 0.116 e. The summed E-state index contributed by atoms with van der Waals surface area (Å²) >= 11 is 0. The second kappa shape index (κ2) is 9.64. The fourth-order valence-electron chi connectivity index (χ4n) is 1.72. The number of aldehydes is 1. The van der Waals surface area contributed by atoms with E-state index in [1.165, 1.54) is 42.1 Å². The van der Waals surface area contributed by atoms with Gasteiger partial charge < -0.3 is 4.79 Å². The van der Waals surface area contributed by atoms with Gasteiger partial charge in [-0.05, 0) is 51.2 Å². The molecule has 0 bridgehead atoms. The first-order chi connectivity index (χ1) is 8.54. The van der Waals surface area contributed by atoms with Crippen LogP contribution in [0.15, 0.2) is 47.1 Å². The smallest absolute Gasteiger partial charge is 0.116 e. The van der Waals surface area contributed by atoms with Gasteiger partial charge in [0.15, 0.2) is 0 Å². The van der Waals surface area contributed by atoms with Crippen LogP contribution < -0.4 is 0 Å². The number of hydrogen-bond donors (Lipinski definition) is 0. The van der Waals surface area contributed by atoms with Gasteiger partial charge in [0.25, 0.3) is 0 Å². The largest absolute Gasteiger partial charge is 0.304 e. The van der Waals surface area contributed by atoms with Crippen molar-refractivity contribution in [2.45, 2.75) is 53.4 Å². The number of unbranched alkanes of at least 4 members (excludes halogenated alkanes) is 1. The topological polar surface area (TPSA) is 17.1 Å². The van der Waals surface area contributed by atoms with E-state index in [1.54, 1.807) is 0 Å². The summed E-state index contributed by atoms with van der Waals surface area (Å²) in [5, 5.41) is 0. The minimum absolute atomic E-state index is 0.750. The van der Waals surface area contributed by atoms with E-state index in [2.05, 4.69) is 45.6 Å². The molecule has 0 saturated carbocycles. The van der Waals surface area contributed by atoms with Crippen molar-refractivity contribution in [1.82, 2.24) is 0 Å². The minimum atomic E-state index is 0.750. The third kappa shape index (κ3) is 7.05. The van der Waals surface area contributed by atoms with Crippen LogP contribution in [0.2, 0.25) is 0 Å². The van der Waals surface area contributed by atoms with Gasteiger partial charge in [0, 0.05) is 0 Å². The van der Waals surface area contributed by atoms with Crippen molar-refractivity contribution in [3.8, 4) is 0 Å². The summed E-state index contributed by atoms with van der Waals surface area (Å²) in [5.74, 6) is 0. The van der Waals surface area contributed by atoms with Crippen LogP contribution in [0.1, 0.15) is 53.4 Å². The zero-order valence-corrected chi connectivity index (χ0v) is 12.3. The Morgan fingerprint density at radius 2 is 2.11 bits per heavy atom. The molecule has 0 spiro atoms. The highest BCUT2D eigenvalue weighted by Gasteiger charge is 2.02. The maximum absolute atomic E-state index is 8.81. The number of allylic oxidation sites excluding steroid dienone is 7. The first-order valence-electron chi connectivity index (χ1n) is 6.68. The summed E-state index contributed by atoms with van der Waals surface area (Å²) in [4.78, 5) is 8.81. The third-order valence-corrected chi connectivity index (χ3v) is 2.85. The lowest BCUT2D eigenvalue weighted by Crippen LogP contribution is -1.85. The average Bonchev–Trinajstić information content (AvgIpc) is 2.72. The normalized spacial score (nSPS) is 14.3.